The molecular formula is C73H42OS. The summed E-state index contributed by atoms with van der Waals surface area (Å²) in [6, 6.07) is 90.9. The number of furan rings is 1. The van der Waals surface area contributed by atoms with Gasteiger partial charge in [-0.2, -0.15) is 0 Å². The van der Waals surface area contributed by atoms with E-state index in [2.05, 4.69) is 243 Å². The average Bonchev–Trinajstić information content (AvgIpc) is 4.15. The molecule has 16 aromatic rings. The van der Waals surface area contributed by atoms with E-state index in [-0.39, 0.29) is 0 Å². The summed E-state index contributed by atoms with van der Waals surface area (Å²) in [5, 5.41) is 19.9. The van der Waals surface area contributed by atoms with Gasteiger partial charge in [0.05, 0.1) is 0 Å². The first-order chi connectivity index (χ1) is 37.2. The van der Waals surface area contributed by atoms with Gasteiger partial charge in [0.2, 0.25) is 0 Å². The highest BCUT2D eigenvalue weighted by atomic mass is 32.1. The van der Waals surface area contributed by atoms with Crippen molar-refractivity contribution in [2.75, 3.05) is 0 Å². The van der Waals surface area contributed by atoms with Crippen LogP contribution in [0, 0.1) is 0 Å². The molecule has 2 heteroatoms. The van der Waals surface area contributed by atoms with Crippen LogP contribution < -0.4 is 0 Å². The van der Waals surface area contributed by atoms with E-state index in [9.17, 15) is 0 Å². The smallest absolute Gasteiger partial charge is 0.136 e. The van der Waals surface area contributed by atoms with Gasteiger partial charge in [-0.25, -0.2) is 0 Å². The highest BCUT2D eigenvalue weighted by Crippen LogP contribution is 2.51. The molecule has 1 aliphatic carbocycles. The standard InChI is InChI=1S/C73H42OS/c1-2-15-43-36-63-50(34-42(43)14-1)35-46-28-29-47(38-62(46)63)69-52-18-5-7-20-54(52)71(55-21-8-6-19-53(55)69)49-30-32-51-60-26-13-27-61(73(60)75-68(51)41-49)72-58-24-11-9-22-56(58)70(57-23-10-12-25-59(57)72)48-31-33-66-64(39-48)65-37-44-16-3-4-17-45(44)40-67(65)74-66/h1-34,36-41H,35H2. The van der Waals surface area contributed by atoms with Crippen LogP contribution in [0.15, 0.2) is 247 Å². The minimum Gasteiger partial charge on any atom is -0.456 e. The molecule has 0 amide bonds. The van der Waals surface area contributed by atoms with Crippen molar-refractivity contribution >= 4 is 118 Å². The highest BCUT2D eigenvalue weighted by molar-refractivity contribution is 7.26. The molecule has 2 aromatic heterocycles. The number of fused-ring (bicyclic) bond motifs is 15. The third-order valence-electron chi connectivity index (χ3n) is 16.6. The molecule has 0 unspecified atom stereocenters. The first-order valence-electron chi connectivity index (χ1n) is 26.0. The topological polar surface area (TPSA) is 13.1 Å². The van der Waals surface area contributed by atoms with E-state index in [1.54, 1.807) is 0 Å². The van der Waals surface area contributed by atoms with Crippen molar-refractivity contribution in [3.8, 4) is 55.6 Å². The third kappa shape index (κ3) is 6.00. The van der Waals surface area contributed by atoms with Crippen LogP contribution in [0.4, 0.5) is 0 Å². The van der Waals surface area contributed by atoms with Gasteiger partial charge in [-0.1, -0.05) is 200 Å². The lowest BCUT2D eigenvalue weighted by Crippen LogP contribution is -1.91. The van der Waals surface area contributed by atoms with Crippen molar-refractivity contribution in [3.63, 3.8) is 0 Å². The summed E-state index contributed by atoms with van der Waals surface area (Å²) in [6.07, 6.45) is 0.970. The summed E-state index contributed by atoms with van der Waals surface area (Å²) >= 11 is 1.92. The SMILES string of the molecule is c1ccc2cc3c(cc2c1)Cc1ccc(-c2c4ccccc4c(-c4ccc5c(c4)sc4c(-c6c7ccccc7c(-c7ccc8oc9cc%10ccccc%10cc9c8c7)c7ccccc67)cccc45)c4ccccc24)cc1-3. The lowest BCUT2D eigenvalue weighted by atomic mass is 9.85. The fraction of sp³-hybridized carbons (Fsp3) is 0.0137. The Morgan fingerprint density at radius 3 is 1.36 bits per heavy atom. The van der Waals surface area contributed by atoms with E-state index in [4.69, 9.17) is 4.42 Å². The molecule has 17 rings (SSSR count). The summed E-state index contributed by atoms with van der Waals surface area (Å²) in [4.78, 5) is 0. The molecule has 0 radical (unpaired) electrons. The Balaban J connectivity index is 0.833. The van der Waals surface area contributed by atoms with Crippen molar-refractivity contribution in [1.82, 2.24) is 0 Å². The summed E-state index contributed by atoms with van der Waals surface area (Å²) in [6.45, 7) is 0. The van der Waals surface area contributed by atoms with Crippen LogP contribution in [0.2, 0.25) is 0 Å². The Labute approximate surface area is 435 Å². The minimum atomic E-state index is 0.905. The van der Waals surface area contributed by atoms with Gasteiger partial charge in [0.15, 0.2) is 0 Å². The first kappa shape index (κ1) is 41.2. The first-order valence-corrected chi connectivity index (χ1v) is 26.8. The van der Waals surface area contributed by atoms with Crippen LogP contribution in [-0.4, -0.2) is 0 Å². The van der Waals surface area contributed by atoms with Gasteiger partial charge in [-0.3, -0.25) is 0 Å². The Morgan fingerprint density at radius 1 is 0.267 bits per heavy atom. The molecule has 0 N–H and O–H groups in total. The van der Waals surface area contributed by atoms with Gasteiger partial charge in [0.25, 0.3) is 0 Å². The maximum Gasteiger partial charge on any atom is 0.136 e. The number of hydrogen-bond donors (Lipinski definition) is 0. The molecule has 1 aliphatic rings. The lowest BCUT2D eigenvalue weighted by molar-refractivity contribution is 0.669. The average molecular weight is 967 g/mol. The number of hydrogen-bond acceptors (Lipinski definition) is 2. The normalized spacial score (nSPS) is 12.5. The van der Waals surface area contributed by atoms with Gasteiger partial charge in [-0.15, -0.1) is 11.3 Å². The number of thiophene rings is 1. The van der Waals surface area contributed by atoms with Crippen LogP contribution in [0.3, 0.4) is 0 Å². The van der Waals surface area contributed by atoms with E-state index >= 15 is 0 Å². The zero-order chi connectivity index (χ0) is 48.9. The van der Waals surface area contributed by atoms with Gasteiger partial charge >= 0.3 is 0 Å². The predicted molar refractivity (Wildman–Crippen MR) is 322 cm³/mol. The molecule has 0 saturated heterocycles. The van der Waals surface area contributed by atoms with E-state index in [0.29, 0.717) is 0 Å². The predicted octanol–water partition coefficient (Wildman–Crippen LogP) is 21.1. The lowest BCUT2D eigenvalue weighted by Gasteiger charge is -2.18. The molecule has 0 aliphatic heterocycles. The highest BCUT2D eigenvalue weighted by Gasteiger charge is 2.24. The van der Waals surface area contributed by atoms with Crippen LogP contribution in [0.5, 0.6) is 0 Å². The molecule has 14 aromatic carbocycles. The Morgan fingerprint density at radius 2 is 0.733 bits per heavy atom. The van der Waals surface area contributed by atoms with Gasteiger partial charge < -0.3 is 4.42 Å². The summed E-state index contributed by atoms with van der Waals surface area (Å²) in [5.41, 5.74) is 17.4. The maximum absolute atomic E-state index is 6.49. The maximum atomic E-state index is 6.49. The monoisotopic (exact) mass is 966 g/mol. The molecule has 0 fully saturated rings. The quantitative estimate of drug-likeness (QED) is 0.160. The van der Waals surface area contributed by atoms with Gasteiger partial charge in [0, 0.05) is 36.5 Å². The van der Waals surface area contributed by atoms with Crippen LogP contribution in [-0.2, 0) is 6.42 Å². The zero-order valence-electron chi connectivity index (χ0n) is 40.6. The second-order valence-corrected chi connectivity index (χ2v) is 21.6. The summed E-state index contributed by atoms with van der Waals surface area (Å²) in [7, 11) is 0. The van der Waals surface area contributed by atoms with Gasteiger partial charge in [0.1, 0.15) is 11.2 Å². The third-order valence-corrected chi connectivity index (χ3v) is 17.8. The van der Waals surface area contributed by atoms with Crippen LogP contribution in [0.1, 0.15) is 11.1 Å². The van der Waals surface area contributed by atoms with E-state index < -0.39 is 0 Å². The molecular weight excluding hydrogens is 925 g/mol. The fourth-order valence-electron chi connectivity index (χ4n) is 13.3. The molecule has 0 bridgehead atoms. The second-order valence-electron chi connectivity index (χ2n) is 20.6. The van der Waals surface area contributed by atoms with Crippen molar-refractivity contribution in [2.45, 2.75) is 6.42 Å². The fourth-order valence-corrected chi connectivity index (χ4v) is 14.5. The van der Waals surface area contributed by atoms with Crippen LogP contribution in [0.25, 0.3) is 162 Å². The molecule has 346 valence electrons. The summed E-state index contributed by atoms with van der Waals surface area (Å²) < 4.78 is 9.09. The number of rotatable bonds is 4. The van der Waals surface area contributed by atoms with Gasteiger partial charge in [-0.05, 0) is 175 Å². The number of benzene rings is 14. The second kappa shape index (κ2) is 15.6. The molecule has 2 heterocycles. The largest absolute Gasteiger partial charge is 0.456 e. The van der Waals surface area contributed by atoms with Crippen molar-refractivity contribution in [1.29, 1.82) is 0 Å². The summed E-state index contributed by atoms with van der Waals surface area (Å²) in [5.74, 6) is 0. The molecule has 75 heavy (non-hydrogen) atoms. The molecule has 0 atom stereocenters. The van der Waals surface area contributed by atoms with E-state index in [1.807, 2.05) is 11.3 Å². The molecule has 0 saturated carbocycles. The Kier molecular flexibility index (Phi) is 8.56. The van der Waals surface area contributed by atoms with Crippen molar-refractivity contribution in [3.05, 3.63) is 254 Å². The zero-order valence-corrected chi connectivity index (χ0v) is 41.4. The van der Waals surface area contributed by atoms with E-state index in [0.717, 1.165) is 28.4 Å². The van der Waals surface area contributed by atoms with Crippen molar-refractivity contribution in [2.24, 2.45) is 0 Å². The molecule has 1 nitrogen and oxygen atoms in total. The Bertz CT molecular complexity index is 5050. The van der Waals surface area contributed by atoms with Crippen molar-refractivity contribution < 1.29 is 4.42 Å². The Hall–Kier alpha value is -9.34. The van der Waals surface area contributed by atoms with Crippen LogP contribution >= 0.6 is 11.3 Å². The minimum absolute atomic E-state index is 0.905. The molecule has 0 spiro atoms. The van der Waals surface area contributed by atoms with E-state index in [1.165, 1.54) is 152 Å².